The molecule has 1 aliphatic carbocycles. The molecule has 0 amide bonds. The molecule has 1 aliphatic rings. The summed E-state index contributed by atoms with van der Waals surface area (Å²) in [6.07, 6.45) is 7.12. The van der Waals surface area contributed by atoms with Gasteiger partial charge in [-0.15, -0.1) is 0 Å². The number of nitrogens with zero attached hydrogens (tertiary/aromatic N) is 1. The minimum Gasteiger partial charge on any atom is -0.380 e. The Balaban J connectivity index is 2.31. The van der Waals surface area contributed by atoms with Crippen molar-refractivity contribution < 1.29 is 4.74 Å². The molecule has 0 aromatic carbocycles. The van der Waals surface area contributed by atoms with E-state index in [2.05, 4.69) is 31.1 Å². The van der Waals surface area contributed by atoms with Gasteiger partial charge in [-0.05, 0) is 39.3 Å². The van der Waals surface area contributed by atoms with E-state index in [1.54, 1.807) is 0 Å². The van der Waals surface area contributed by atoms with Gasteiger partial charge < -0.3 is 15.0 Å². The van der Waals surface area contributed by atoms with Gasteiger partial charge in [-0.3, -0.25) is 0 Å². The highest BCUT2D eigenvalue weighted by molar-refractivity contribution is 4.81. The Morgan fingerprint density at radius 2 is 1.94 bits per heavy atom. The molecule has 0 aromatic heterocycles. The Labute approximate surface area is 113 Å². The van der Waals surface area contributed by atoms with E-state index in [0.717, 1.165) is 38.8 Å². The quantitative estimate of drug-likeness (QED) is 0.642. The van der Waals surface area contributed by atoms with Crippen LogP contribution in [0.15, 0.2) is 0 Å². The summed E-state index contributed by atoms with van der Waals surface area (Å²) in [4.78, 5) is 2.41. The predicted octanol–water partition coefficient (Wildman–Crippen LogP) is 2.51. The molecule has 3 nitrogen and oxygen atoms in total. The van der Waals surface area contributed by atoms with Crippen LogP contribution in [0.25, 0.3) is 0 Å². The Hall–Kier alpha value is -0.120. The fourth-order valence-electron chi connectivity index (χ4n) is 2.97. The maximum absolute atomic E-state index is 5.43. The second kappa shape index (κ2) is 9.76. The second-order valence-electron chi connectivity index (χ2n) is 5.52. The van der Waals surface area contributed by atoms with Crippen LogP contribution >= 0.6 is 0 Å². The van der Waals surface area contributed by atoms with E-state index in [1.807, 2.05) is 0 Å². The van der Waals surface area contributed by atoms with E-state index >= 15 is 0 Å². The molecule has 1 fully saturated rings. The van der Waals surface area contributed by atoms with Gasteiger partial charge in [0.2, 0.25) is 0 Å². The monoisotopic (exact) mass is 256 g/mol. The zero-order valence-electron chi connectivity index (χ0n) is 12.6. The van der Waals surface area contributed by atoms with E-state index in [1.165, 1.54) is 32.1 Å². The standard InChI is InChI=1S/C15H32N2O/c1-4-16-15(14-9-7-6-8-10-14)13-17(3)11-12-18-5-2/h14-16H,4-13H2,1-3H3. The molecule has 1 unspecified atom stereocenters. The average molecular weight is 256 g/mol. The Morgan fingerprint density at radius 1 is 1.22 bits per heavy atom. The molecule has 0 aliphatic heterocycles. The summed E-state index contributed by atoms with van der Waals surface area (Å²) in [5, 5.41) is 3.69. The van der Waals surface area contributed by atoms with Gasteiger partial charge in [0.1, 0.15) is 0 Å². The molecular formula is C15H32N2O. The van der Waals surface area contributed by atoms with E-state index in [-0.39, 0.29) is 0 Å². The summed E-state index contributed by atoms with van der Waals surface area (Å²) < 4.78 is 5.43. The van der Waals surface area contributed by atoms with Crippen LogP contribution in [0.5, 0.6) is 0 Å². The summed E-state index contributed by atoms with van der Waals surface area (Å²) in [6.45, 7) is 9.25. The van der Waals surface area contributed by atoms with Crippen LogP contribution in [0.3, 0.4) is 0 Å². The van der Waals surface area contributed by atoms with E-state index in [4.69, 9.17) is 4.74 Å². The van der Waals surface area contributed by atoms with Crippen molar-refractivity contribution in [1.82, 2.24) is 10.2 Å². The van der Waals surface area contributed by atoms with Crippen LogP contribution in [-0.4, -0.2) is 50.8 Å². The number of hydrogen-bond acceptors (Lipinski definition) is 3. The molecule has 0 heterocycles. The first-order chi connectivity index (χ1) is 8.77. The third kappa shape index (κ3) is 6.17. The smallest absolute Gasteiger partial charge is 0.0593 e. The number of ether oxygens (including phenoxy) is 1. The molecule has 1 N–H and O–H groups in total. The number of rotatable bonds is 9. The van der Waals surface area contributed by atoms with Crippen molar-refractivity contribution in [2.24, 2.45) is 5.92 Å². The lowest BCUT2D eigenvalue weighted by Gasteiger charge is -2.33. The predicted molar refractivity (Wildman–Crippen MR) is 78.0 cm³/mol. The van der Waals surface area contributed by atoms with Crippen molar-refractivity contribution in [3.8, 4) is 0 Å². The van der Waals surface area contributed by atoms with Crippen LogP contribution < -0.4 is 5.32 Å². The number of nitrogens with one attached hydrogen (secondary N) is 1. The van der Waals surface area contributed by atoms with Crippen LogP contribution in [0.1, 0.15) is 46.0 Å². The summed E-state index contributed by atoms with van der Waals surface area (Å²) in [5.74, 6) is 0.883. The minimum atomic E-state index is 0.668. The molecule has 1 rings (SSSR count). The van der Waals surface area contributed by atoms with Gasteiger partial charge in [0, 0.05) is 25.7 Å². The van der Waals surface area contributed by atoms with E-state index in [0.29, 0.717) is 6.04 Å². The van der Waals surface area contributed by atoms with Gasteiger partial charge in [-0.1, -0.05) is 26.2 Å². The summed E-state index contributed by atoms with van der Waals surface area (Å²) in [5.41, 5.74) is 0. The molecule has 18 heavy (non-hydrogen) atoms. The topological polar surface area (TPSA) is 24.5 Å². The first-order valence-electron chi connectivity index (χ1n) is 7.77. The zero-order chi connectivity index (χ0) is 13.2. The maximum atomic E-state index is 5.43. The van der Waals surface area contributed by atoms with E-state index in [9.17, 15) is 0 Å². The Morgan fingerprint density at radius 3 is 2.56 bits per heavy atom. The largest absolute Gasteiger partial charge is 0.380 e. The lowest BCUT2D eigenvalue weighted by molar-refractivity contribution is 0.112. The second-order valence-corrected chi connectivity index (χ2v) is 5.52. The third-order valence-electron chi connectivity index (χ3n) is 4.02. The highest BCUT2D eigenvalue weighted by atomic mass is 16.5. The minimum absolute atomic E-state index is 0.668. The van der Waals surface area contributed by atoms with Gasteiger partial charge in [-0.2, -0.15) is 0 Å². The Kier molecular flexibility index (Phi) is 8.64. The summed E-state index contributed by atoms with van der Waals surface area (Å²) in [7, 11) is 2.21. The highest BCUT2D eigenvalue weighted by Gasteiger charge is 2.23. The zero-order valence-corrected chi connectivity index (χ0v) is 12.6. The molecule has 0 spiro atoms. The molecule has 108 valence electrons. The van der Waals surface area contributed by atoms with Crippen molar-refractivity contribution in [3.05, 3.63) is 0 Å². The molecule has 0 saturated heterocycles. The van der Waals surface area contributed by atoms with Crippen LogP contribution in [0.4, 0.5) is 0 Å². The Bertz CT molecular complexity index is 193. The number of hydrogen-bond donors (Lipinski definition) is 1. The van der Waals surface area contributed by atoms with Crippen LogP contribution in [-0.2, 0) is 4.74 Å². The molecule has 3 heteroatoms. The van der Waals surface area contributed by atoms with Crippen molar-refractivity contribution in [2.45, 2.75) is 52.0 Å². The third-order valence-corrected chi connectivity index (χ3v) is 4.02. The van der Waals surface area contributed by atoms with Crippen LogP contribution in [0.2, 0.25) is 0 Å². The highest BCUT2D eigenvalue weighted by Crippen LogP contribution is 2.26. The van der Waals surface area contributed by atoms with Crippen molar-refractivity contribution in [1.29, 1.82) is 0 Å². The SMILES string of the molecule is CCNC(CN(C)CCOCC)C1CCCCC1. The summed E-state index contributed by atoms with van der Waals surface area (Å²) >= 11 is 0. The number of likely N-dealkylation sites (N-methyl/N-ethyl adjacent to an activating group) is 2. The lowest BCUT2D eigenvalue weighted by Crippen LogP contribution is -2.45. The van der Waals surface area contributed by atoms with Crippen molar-refractivity contribution in [2.75, 3.05) is 39.9 Å². The van der Waals surface area contributed by atoms with Crippen molar-refractivity contribution in [3.63, 3.8) is 0 Å². The molecule has 1 atom stereocenters. The molecule has 1 saturated carbocycles. The first-order valence-corrected chi connectivity index (χ1v) is 7.77. The lowest BCUT2D eigenvalue weighted by atomic mass is 9.83. The molecule has 0 aromatic rings. The molecule has 0 radical (unpaired) electrons. The van der Waals surface area contributed by atoms with Gasteiger partial charge in [-0.25, -0.2) is 0 Å². The van der Waals surface area contributed by atoms with Gasteiger partial charge in [0.05, 0.1) is 6.61 Å². The van der Waals surface area contributed by atoms with Gasteiger partial charge in [0.25, 0.3) is 0 Å². The van der Waals surface area contributed by atoms with E-state index < -0.39 is 0 Å². The molecular weight excluding hydrogens is 224 g/mol. The first kappa shape index (κ1) is 15.9. The summed E-state index contributed by atoms with van der Waals surface area (Å²) in [6, 6.07) is 0.668. The molecule has 0 bridgehead atoms. The normalized spacial score (nSPS) is 19.3. The average Bonchev–Trinajstić information content (AvgIpc) is 2.39. The van der Waals surface area contributed by atoms with Gasteiger partial charge in [0.15, 0.2) is 0 Å². The van der Waals surface area contributed by atoms with Crippen LogP contribution in [0, 0.1) is 5.92 Å². The van der Waals surface area contributed by atoms with Crippen molar-refractivity contribution >= 4 is 0 Å². The fourth-order valence-corrected chi connectivity index (χ4v) is 2.97. The van der Waals surface area contributed by atoms with Gasteiger partial charge >= 0.3 is 0 Å². The maximum Gasteiger partial charge on any atom is 0.0593 e. The fraction of sp³-hybridized carbons (Fsp3) is 1.00.